The van der Waals surface area contributed by atoms with E-state index in [0.29, 0.717) is 25.9 Å². The van der Waals surface area contributed by atoms with Crippen molar-refractivity contribution < 1.29 is 13.2 Å². The largest absolute Gasteiger partial charge is 0.326 e. The van der Waals surface area contributed by atoms with Crippen LogP contribution in [0, 0.1) is 5.92 Å². The molecule has 4 rings (SSSR count). The number of amides is 1. The Labute approximate surface area is 163 Å². The number of benzene rings is 1. The fourth-order valence-electron chi connectivity index (χ4n) is 3.50. The molecule has 0 unspecified atom stereocenters. The second-order valence-corrected chi connectivity index (χ2v) is 10.0. The lowest BCUT2D eigenvalue weighted by molar-refractivity contribution is -0.120. The summed E-state index contributed by atoms with van der Waals surface area (Å²) in [6, 6.07) is 7.70. The molecule has 1 saturated heterocycles. The molecule has 144 valence electrons. The molecule has 0 saturated carbocycles. The zero-order valence-electron chi connectivity index (χ0n) is 15.1. The van der Waals surface area contributed by atoms with E-state index in [4.69, 9.17) is 0 Å². The molecule has 7 nitrogen and oxygen atoms in total. The summed E-state index contributed by atoms with van der Waals surface area (Å²) in [4.78, 5) is 17.2. The maximum absolute atomic E-state index is 12.6. The standard InChI is InChI=1S/C18H22N4O3S2/c1-27(24,25)22-7-5-13(6-8-22)17(23)19-15-4-2-3-14(11-15)16-12-21-9-10-26-18(21)20-16/h2-4,11-13H,5-10H2,1H3,(H,19,23). The molecule has 0 bridgehead atoms. The number of carbonyl (C=O) groups is 1. The third kappa shape index (κ3) is 4.04. The summed E-state index contributed by atoms with van der Waals surface area (Å²) in [6.45, 7) is 1.78. The topological polar surface area (TPSA) is 84.3 Å². The van der Waals surface area contributed by atoms with Crippen LogP contribution in [-0.2, 0) is 21.4 Å². The van der Waals surface area contributed by atoms with Crippen molar-refractivity contribution in [1.29, 1.82) is 0 Å². The Morgan fingerprint density at radius 2 is 2.04 bits per heavy atom. The van der Waals surface area contributed by atoms with Crippen LogP contribution in [0.2, 0.25) is 0 Å². The normalized spacial score (nSPS) is 18.4. The predicted molar refractivity (Wildman–Crippen MR) is 106 cm³/mol. The van der Waals surface area contributed by atoms with Crippen LogP contribution in [0.25, 0.3) is 11.3 Å². The van der Waals surface area contributed by atoms with E-state index in [2.05, 4.69) is 21.1 Å². The summed E-state index contributed by atoms with van der Waals surface area (Å²) >= 11 is 1.75. The SMILES string of the molecule is CS(=O)(=O)N1CCC(C(=O)Nc2cccc(-c3cn4c(n3)SCC4)c2)CC1. The predicted octanol–water partition coefficient (Wildman–Crippen LogP) is 2.27. The maximum atomic E-state index is 12.6. The van der Waals surface area contributed by atoms with Crippen LogP contribution >= 0.6 is 11.8 Å². The van der Waals surface area contributed by atoms with Gasteiger partial charge in [-0.15, -0.1) is 0 Å². The minimum Gasteiger partial charge on any atom is -0.326 e. The molecule has 0 spiro atoms. The molecule has 2 aliphatic rings. The Balaban J connectivity index is 1.42. The Kier molecular flexibility index (Phi) is 5.00. The molecule has 1 fully saturated rings. The summed E-state index contributed by atoms with van der Waals surface area (Å²) in [5.41, 5.74) is 2.63. The van der Waals surface area contributed by atoms with E-state index in [1.807, 2.05) is 24.3 Å². The highest BCUT2D eigenvalue weighted by Crippen LogP contribution is 2.30. The molecule has 2 aromatic rings. The first kappa shape index (κ1) is 18.5. The number of carbonyl (C=O) groups excluding carboxylic acids is 1. The summed E-state index contributed by atoms with van der Waals surface area (Å²) < 4.78 is 26.8. The van der Waals surface area contributed by atoms with Gasteiger partial charge in [0.25, 0.3) is 0 Å². The number of fused-ring (bicyclic) bond motifs is 1. The van der Waals surface area contributed by atoms with E-state index >= 15 is 0 Å². The Hall–Kier alpha value is -1.84. The summed E-state index contributed by atoms with van der Waals surface area (Å²) in [5.74, 6) is 0.847. The molecule has 1 aromatic heterocycles. The fourth-order valence-corrected chi connectivity index (χ4v) is 5.32. The molecule has 27 heavy (non-hydrogen) atoms. The van der Waals surface area contributed by atoms with Crippen molar-refractivity contribution >= 4 is 33.4 Å². The van der Waals surface area contributed by atoms with Crippen LogP contribution in [0.15, 0.2) is 35.6 Å². The first-order valence-corrected chi connectivity index (χ1v) is 11.8. The average Bonchev–Trinajstić information content (AvgIpc) is 3.23. The number of rotatable bonds is 4. The highest BCUT2D eigenvalue weighted by molar-refractivity contribution is 7.99. The van der Waals surface area contributed by atoms with Crippen molar-refractivity contribution in [2.75, 3.05) is 30.4 Å². The minimum atomic E-state index is -3.18. The smallest absolute Gasteiger partial charge is 0.227 e. The summed E-state index contributed by atoms with van der Waals surface area (Å²) in [6.07, 6.45) is 4.35. The lowest BCUT2D eigenvalue weighted by atomic mass is 9.97. The molecule has 1 aromatic carbocycles. The summed E-state index contributed by atoms with van der Waals surface area (Å²) in [7, 11) is -3.18. The molecule has 0 radical (unpaired) electrons. The number of thioether (sulfide) groups is 1. The molecule has 0 atom stereocenters. The number of aryl methyl sites for hydroxylation is 1. The average molecular weight is 407 g/mol. The van der Waals surface area contributed by atoms with Crippen molar-refractivity contribution in [3.05, 3.63) is 30.5 Å². The molecule has 0 aliphatic carbocycles. The molecule has 1 amide bonds. The van der Waals surface area contributed by atoms with Crippen molar-refractivity contribution in [1.82, 2.24) is 13.9 Å². The minimum absolute atomic E-state index is 0.0526. The maximum Gasteiger partial charge on any atom is 0.227 e. The third-order valence-corrected chi connectivity index (χ3v) is 7.30. The molecule has 9 heteroatoms. The lowest BCUT2D eigenvalue weighted by Gasteiger charge is -2.29. The Morgan fingerprint density at radius 3 is 2.74 bits per heavy atom. The number of nitrogens with one attached hydrogen (secondary N) is 1. The number of hydrogen-bond donors (Lipinski definition) is 1. The van der Waals surface area contributed by atoms with Gasteiger partial charge in [-0.25, -0.2) is 17.7 Å². The van der Waals surface area contributed by atoms with Gasteiger partial charge in [0.2, 0.25) is 15.9 Å². The molecular formula is C18H22N4O3S2. The van der Waals surface area contributed by atoms with E-state index in [-0.39, 0.29) is 11.8 Å². The number of aromatic nitrogens is 2. The quantitative estimate of drug-likeness (QED) is 0.842. The Morgan fingerprint density at radius 1 is 1.26 bits per heavy atom. The van der Waals surface area contributed by atoms with Gasteiger partial charge in [0, 0.05) is 48.8 Å². The van der Waals surface area contributed by atoms with E-state index in [0.717, 1.165) is 34.4 Å². The second kappa shape index (κ2) is 7.29. The Bertz CT molecular complexity index is 941. The number of nitrogens with zero attached hydrogens (tertiary/aromatic N) is 3. The van der Waals surface area contributed by atoms with Crippen LogP contribution < -0.4 is 5.32 Å². The zero-order valence-corrected chi connectivity index (χ0v) is 16.7. The van der Waals surface area contributed by atoms with Gasteiger partial charge in [0.15, 0.2) is 5.16 Å². The number of imidazole rings is 1. The fraction of sp³-hybridized carbons (Fsp3) is 0.444. The highest BCUT2D eigenvalue weighted by atomic mass is 32.2. The second-order valence-electron chi connectivity index (χ2n) is 6.96. The van der Waals surface area contributed by atoms with Crippen LogP contribution in [0.3, 0.4) is 0 Å². The molecule has 2 aliphatic heterocycles. The van der Waals surface area contributed by atoms with Gasteiger partial charge >= 0.3 is 0 Å². The van der Waals surface area contributed by atoms with Crippen LogP contribution in [0.4, 0.5) is 5.69 Å². The molecule has 1 N–H and O–H groups in total. The number of anilines is 1. The number of piperidine rings is 1. The van der Waals surface area contributed by atoms with Gasteiger partial charge < -0.3 is 9.88 Å². The molecule has 3 heterocycles. The van der Waals surface area contributed by atoms with Gasteiger partial charge in [0.05, 0.1) is 11.9 Å². The first-order chi connectivity index (χ1) is 12.9. The van der Waals surface area contributed by atoms with Gasteiger partial charge in [-0.3, -0.25) is 4.79 Å². The van der Waals surface area contributed by atoms with E-state index in [1.54, 1.807) is 11.8 Å². The van der Waals surface area contributed by atoms with Crippen LogP contribution in [0.5, 0.6) is 0 Å². The zero-order chi connectivity index (χ0) is 19.0. The van der Waals surface area contributed by atoms with Gasteiger partial charge in [-0.05, 0) is 25.0 Å². The third-order valence-electron chi connectivity index (χ3n) is 5.02. The molecular weight excluding hydrogens is 384 g/mol. The van der Waals surface area contributed by atoms with Crippen molar-refractivity contribution in [3.8, 4) is 11.3 Å². The van der Waals surface area contributed by atoms with Crippen molar-refractivity contribution in [3.63, 3.8) is 0 Å². The van der Waals surface area contributed by atoms with E-state index in [9.17, 15) is 13.2 Å². The number of hydrogen-bond acceptors (Lipinski definition) is 5. The summed E-state index contributed by atoms with van der Waals surface area (Å²) in [5, 5.41) is 4.02. The lowest BCUT2D eigenvalue weighted by Crippen LogP contribution is -2.40. The monoisotopic (exact) mass is 406 g/mol. The highest BCUT2D eigenvalue weighted by Gasteiger charge is 2.29. The van der Waals surface area contributed by atoms with E-state index in [1.165, 1.54) is 10.6 Å². The van der Waals surface area contributed by atoms with Gasteiger partial charge in [-0.1, -0.05) is 23.9 Å². The van der Waals surface area contributed by atoms with E-state index < -0.39 is 10.0 Å². The van der Waals surface area contributed by atoms with Crippen molar-refractivity contribution in [2.45, 2.75) is 24.5 Å². The van der Waals surface area contributed by atoms with Gasteiger partial charge in [-0.2, -0.15) is 0 Å². The number of sulfonamides is 1. The van der Waals surface area contributed by atoms with Crippen molar-refractivity contribution in [2.24, 2.45) is 5.92 Å². The first-order valence-electron chi connectivity index (χ1n) is 8.96. The van der Waals surface area contributed by atoms with Crippen LogP contribution in [0.1, 0.15) is 12.8 Å². The van der Waals surface area contributed by atoms with Crippen LogP contribution in [-0.4, -0.2) is 53.3 Å². The van der Waals surface area contributed by atoms with Gasteiger partial charge in [0.1, 0.15) is 0 Å².